The lowest BCUT2D eigenvalue weighted by Gasteiger charge is -2.09. The molecule has 0 radical (unpaired) electrons. The number of benzene rings is 5. The van der Waals surface area contributed by atoms with Crippen LogP contribution in [-0.4, -0.2) is 45.1 Å². The highest BCUT2D eigenvalue weighted by molar-refractivity contribution is 6.00. The van der Waals surface area contributed by atoms with Gasteiger partial charge in [-0.15, -0.1) is 0 Å². The Balaban J connectivity index is 0.000000340. The van der Waals surface area contributed by atoms with E-state index in [4.69, 9.17) is 9.90 Å². The van der Waals surface area contributed by atoms with E-state index in [9.17, 15) is 24.6 Å². The number of hydrogen-bond acceptors (Lipinski definition) is 7. The van der Waals surface area contributed by atoms with Gasteiger partial charge in [-0.05, 0) is 25.0 Å². The second kappa shape index (κ2) is 22.2. The lowest BCUT2D eigenvalue weighted by molar-refractivity contribution is -0.106. The molecule has 0 saturated carbocycles. The van der Waals surface area contributed by atoms with Gasteiger partial charge in [0.05, 0.1) is 0 Å². The van der Waals surface area contributed by atoms with E-state index in [1.807, 2.05) is 30.3 Å². The number of rotatable bonds is 8. The summed E-state index contributed by atoms with van der Waals surface area (Å²) in [6.45, 7) is 2.91. The number of aldehydes is 1. The average molecular weight is 635 g/mol. The predicted octanol–water partition coefficient (Wildman–Crippen LogP) is 7.30. The molecule has 244 valence electrons. The van der Waals surface area contributed by atoms with E-state index in [2.05, 4.69) is 0 Å². The number of Topliss-reactive ketones (excluding diaryl/α,β-unsaturated/α-hetero) is 3. The fourth-order valence-electron chi connectivity index (χ4n) is 3.94. The molecule has 0 saturated heterocycles. The third-order valence-corrected chi connectivity index (χ3v) is 6.28. The first-order valence-electron chi connectivity index (χ1n) is 14.5. The Morgan fingerprint density at radius 3 is 0.915 bits per heavy atom. The normalized spacial score (nSPS) is 11.4. The summed E-state index contributed by atoms with van der Waals surface area (Å²) < 4.78 is 0. The standard InChI is InChI=1S/2C14H12O2.C9H10O2.C2H4O.CH4/c2*15-13(11-7-3-1-4-8-11)14(16)12-9-5-2-6-10-12;1-7(10)9(11)8-5-3-2-4-6-8;1-2-3;/h2*1-10,13,15H;2-7,10H,1H3;2H,1H3;1H4/t13-;;7-;;/m0.1../s1. The molecule has 7 nitrogen and oxygen atoms in total. The van der Waals surface area contributed by atoms with Gasteiger partial charge >= 0.3 is 0 Å². The predicted molar refractivity (Wildman–Crippen MR) is 185 cm³/mol. The van der Waals surface area contributed by atoms with Crippen LogP contribution in [-0.2, 0) is 4.79 Å². The van der Waals surface area contributed by atoms with Gasteiger partial charge in [-0.2, -0.15) is 0 Å². The summed E-state index contributed by atoms with van der Waals surface area (Å²) in [6, 6.07) is 44.3. The molecule has 0 aliphatic heterocycles. The van der Waals surface area contributed by atoms with Crippen LogP contribution in [0.15, 0.2) is 152 Å². The van der Waals surface area contributed by atoms with E-state index in [0.29, 0.717) is 27.8 Å². The van der Waals surface area contributed by atoms with Gasteiger partial charge in [0.2, 0.25) is 0 Å². The summed E-state index contributed by atoms with van der Waals surface area (Å²) in [6.07, 6.45) is -2.32. The van der Waals surface area contributed by atoms with E-state index in [1.165, 1.54) is 13.8 Å². The van der Waals surface area contributed by atoms with Crippen LogP contribution in [0.3, 0.4) is 0 Å². The van der Waals surface area contributed by atoms with E-state index < -0.39 is 18.3 Å². The number of carbonyl (C=O) groups is 4. The number of aliphatic hydroxyl groups is 3. The first-order chi connectivity index (χ1) is 22.2. The molecule has 0 aliphatic carbocycles. The van der Waals surface area contributed by atoms with E-state index in [0.717, 1.165) is 6.29 Å². The van der Waals surface area contributed by atoms with Crippen LogP contribution >= 0.6 is 0 Å². The Bertz CT molecular complexity index is 1500. The van der Waals surface area contributed by atoms with Crippen LogP contribution in [0.25, 0.3) is 0 Å². The van der Waals surface area contributed by atoms with E-state index >= 15 is 0 Å². The number of carbonyl (C=O) groups excluding carboxylic acids is 4. The van der Waals surface area contributed by atoms with Gasteiger partial charge in [0.1, 0.15) is 24.6 Å². The van der Waals surface area contributed by atoms with Crippen LogP contribution in [0, 0.1) is 0 Å². The highest BCUT2D eigenvalue weighted by Crippen LogP contribution is 2.18. The van der Waals surface area contributed by atoms with E-state index in [-0.39, 0.29) is 24.8 Å². The lowest BCUT2D eigenvalue weighted by Crippen LogP contribution is -2.15. The first-order valence-corrected chi connectivity index (χ1v) is 14.5. The molecular weight excluding hydrogens is 592 g/mol. The minimum absolute atomic E-state index is 0. The van der Waals surface area contributed by atoms with Crippen molar-refractivity contribution < 1.29 is 34.5 Å². The second-order valence-corrected chi connectivity index (χ2v) is 9.73. The number of aliphatic hydroxyl groups excluding tert-OH is 3. The van der Waals surface area contributed by atoms with Gasteiger partial charge in [0.25, 0.3) is 0 Å². The molecule has 47 heavy (non-hydrogen) atoms. The van der Waals surface area contributed by atoms with Gasteiger partial charge in [0.15, 0.2) is 17.3 Å². The summed E-state index contributed by atoms with van der Waals surface area (Å²) in [5, 5.41) is 28.7. The van der Waals surface area contributed by atoms with Gasteiger partial charge in [-0.3, -0.25) is 14.4 Å². The molecule has 3 atom stereocenters. The average Bonchev–Trinajstić information content (AvgIpc) is 3.12. The monoisotopic (exact) mass is 634 g/mol. The quantitative estimate of drug-likeness (QED) is 0.121. The molecule has 0 aliphatic rings. The SMILES string of the molecule is C.CC=O.C[C@@H](O)C(=O)c1ccccc1.O=C(c1ccccc1)C(O)c1ccccc1.O=C(c1ccccc1)[C@@H](O)c1ccccc1. The Morgan fingerprint density at radius 2 is 0.681 bits per heavy atom. The third kappa shape index (κ3) is 13.7. The summed E-state index contributed by atoms with van der Waals surface area (Å²) in [5.74, 6) is -0.774. The van der Waals surface area contributed by atoms with Crippen molar-refractivity contribution in [3.63, 3.8) is 0 Å². The highest BCUT2D eigenvalue weighted by atomic mass is 16.3. The van der Waals surface area contributed by atoms with Crippen LogP contribution in [0.1, 0.15) is 75.7 Å². The molecule has 1 unspecified atom stereocenters. The zero-order valence-electron chi connectivity index (χ0n) is 25.7. The van der Waals surface area contributed by atoms with Crippen molar-refractivity contribution in [2.45, 2.75) is 39.6 Å². The molecule has 7 heteroatoms. The largest absolute Gasteiger partial charge is 0.385 e. The number of hydrogen-bond donors (Lipinski definition) is 3. The Hall–Kier alpha value is -5.34. The number of ketones is 3. The Labute approximate surface area is 276 Å². The fourth-order valence-corrected chi connectivity index (χ4v) is 3.94. The molecule has 5 rings (SSSR count). The molecule has 5 aromatic carbocycles. The van der Waals surface area contributed by atoms with Crippen LogP contribution in [0.5, 0.6) is 0 Å². The summed E-state index contributed by atoms with van der Waals surface area (Å²) in [5.41, 5.74) is 2.85. The molecule has 0 spiro atoms. The molecule has 0 bridgehead atoms. The maximum absolute atomic E-state index is 11.9. The molecule has 3 N–H and O–H groups in total. The molecule has 0 aromatic heterocycles. The zero-order chi connectivity index (χ0) is 33.7. The molecule has 0 amide bonds. The second-order valence-electron chi connectivity index (χ2n) is 9.73. The third-order valence-electron chi connectivity index (χ3n) is 6.28. The highest BCUT2D eigenvalue weighted by Gasteiger charge is 2.19. The molecular formula is C40H42O7. The van der Waals surface area contributed by atoms with Gasteiger partial charge in [0, 0.05) is 16.7 Å². The maximum Gasteiger partial charge on any atom is 0.195 e. The van der Waals surface area contributed by atoms with Crippen molar-refractivity contribution in [2.24, 2.45) is 0 Å². The fraction of sp³-hybridized carbons (Fsp3) is 0.150. The lowest BCUT2D eigenvalue weighted by atomic mass is 10.0. The first kappa shape index (κ1) is 39.7. The molecule has 0 heterocycles. The Kier molecular flexibility index (Phi) is 18.8. The summed E-state index contributed by atoms with van der Waals surface area (Å²) in [7, 11) is 0. The van der Waals surface area contributed by atoms with Gasteiger partial charge in [-0.25, -0.2) is 0 Å². The van der Waals surface area contributed by atoms with Crippen molar-refractivity contribution in [1.82, 2.24) is 0 Å². The molecule has 5 aromatic rings. The Morgan fingerprint density at radius 1 is 0.468 bits per heavy atom. The summed E-state index contributed by atoms with van der Waals surface area (Å²) >= 11 is 0. The smallest absolute Gasteiger partial charge is 0.195 e. The van der Waals surface area contributed by atoms with Crippen molar-refractivity contribution in [1.29, 1.82) is 0 Å². The minimum Gasteiger partial charge on any atom is -0.385 e. The zero-order valence-corrected chi connectivity index (χ0v) is 25.7. The topological polar surface area (TPSA) is 129 Å². The van der Waals surface area contributed by atoms with Gasteiger partial charge in [-0.1, -0.05) is 159 Å². The van der Waals surface area contributed by atoms with Crippen molar-refractivity contribution in [2.75, 3.05) is 0 Å². The van der Waals surface area contributed by atoms with Crippen molar-refractivity contribution in [3.05, 3.63) is 179 Å². The van der Waals surface area contributed by atoms with Crippen LogP contribution in [0.4, 0.5) is 0 Å². The summed E-state index contributed by atoms with van der Waals surface area (Å²) in [4.78, 5) is 43.7. The van der Waals surface area contributed by atoms with Crippen molar-refractivity contribution in [3.8, 4) is 0 Å². The van der Waals surface area contributed by atoms with Gasteiger partial charge < -0.3 is 20.1 Å². The van der Waals surface area contributed by atoms with Crippen molar-refractivity contribution >= 4 is 23.6 Å². The van der Waals surface area contributed by atoms with E-state index in [1.54, 1.807) is 121 Å². The molecule has 0 fully saturated rings. The minimum atomic E-state index is -1.08. The maximum atomic E-state index is 11.9. The van der Waals surface area contributed by atoms with Crippen LogP contribution < -0.4 is 0 Å². The van der Waals surface area contributed by atoms with Crippen LogP contribution in [0.2, 0.25) is 0 Å².